The van der Waals surface area contributed by atoms with Gasteiger partial charge in [-0.1, -0.05) is 18.8 Å². The second kappa shape index (κ2) is 9.58. The molecule has 160 valence electrons. The molecule has 2 heterocycles. The fourth-order valence-electron chi connectivity index (χ4n) is 3.33. The number of nitrogens with one attached hydrogen (secondary N) is 1. The molecule has 1 aliphatic heterocycles. The molecule has 0 bridgehead atoms. The maximum Gasteiger partial charge on any atom is 0.247 e. The van der Waals surface area contributed by atoms with E-state index in [1.165, 1.54) is 10.4 Å². The van der Waals surface area contributed by atoms with E-state index in [2.05, 4.69) is 22.1 Å². The van der Waals surface area contributed by atoms with Gasteiger partial charge in [0.15, 0.2) is 0 Å². The number of pyridine rings is 1. The van der Waals surface area contributed by atoms with E-state index in [-0.39, 0.29) is 35.8 Å². The fraction of sp³-hybridized carbons (Fsp3) is 0.409. The van der Waals surface area contributed by atoms with Crippen LogP contribution >= 0.6 is 0 Å². The number of fused-ring (bicyclic) bond motifs is 1. The standard InChI is InChI=1S/C22H27N3O4S/c1-16-14-25(17(2)15-26)30(27,28)22-9-8-18(6-7-19-5-4-10-24-12-19)11-20(22)29-21(16)13-23-3/h4-5,8-12,16-17,21,23,26H,13-15H2,1-3H3/t16-,17+,21+/m0/s1. The highest BCUT2D eigenvalue weighted by Gasteiger charge is 2.37. The normalized spacial score (nSPS) is 21.9. The minimum atomic E-state index is -3.84. The molecule has 2 aromatic rings. The molecule has 0 radical (unpaired) electrons. The highest BCUT2D eigenvalue weighted by atomic mass is 32.2. The number of aliphatic hydroxyl groups is 1. The number of hydrogen-bond donors (Lipinski definition) is 2. The summed E-state index contributed by atoms with van der Waals surface area (Å²) in [5.74, 6) is 6.26. The Morgan fingerprint density at radius 1 is 1.33 bits per heavy atom. The van der Waals surface area contributed by atoms with Crippen LogP contribution in [0, 0.1) is 17.8 Å². The lowest BCUT2D eigenvalue weighted by Gasteiger charge is -2.36. The van der Waals surface area contributed by atoms with Crippen LogP contribution in [0.5, 0.6) is 5.75 Å². The molecule has 3 atom stereocenters. The Bertz CT molecular complexity index is 1030. The van der Waals surface area contributed by atoms with Crippen molar-refractivity contribution in [2.24, 2.45) is 5.92 Å². The largest absolute Gasteiger partial charge is 0.487 e. The van der Waals surface area contributed by atoms with Crippen molar-refractivity contribution < 1.29 is 18.3 Å². The number of rotatable bonds is 4. The summed E-state index contributed by atoms with van der Waals surface area (Å²) in [4.78, 5) is 4.13. The topological polar surface area (TPSA) is 91.8 Å². The second-order valence-corrected chi connectivity index (χ2v) is 9.31. The van der Waals surface area contributed by atoms with Crippen LogP contribution in [0.3, 0.4) is 0 Å². The van der Waals surface area contributed by atoms with Crippen molar-refractivity contribution in [2.75, 3.05) is 26.7 Å². The highest BCUT2D eigenvalue weighted by molar-refractivity contribution is 7.89. The number of hydrogen-bond acceptors (Lipinski definition) is 6. The van der Waals surface area contributed by atoms with Crippen LogP contribution in [0.15, 0.2) is 47.6 Å². The Hall–Kier alpha value is -2.44. The smallest absolute Gasteiger partial charge is 0.247 e. The lowest BCUT2D eigenvalue weighted by atomic mass is 10.0. The zero-order valence-electron chi connectivity index (χ0n) is 17.4. The number of aromatic nitrogens is 1. The summed E-state index contributed by atoms with van der Waals surface area (Å²) in [5.41, 5.74) is 1.41. The molecule has 1 aromatic heterocycles. The van der Waals surface area contributed by atoms with Gasteiger partial charge in [-0.3, -0.25) is 4.98 Å². The van der Waals surface area contributed by atoms with Crippen molar-refractivity contribution in [2.45, 2.75) is 30.9 Å². The van der Waals surface area contributed by atoms with E-state index < -0.39 is 16.1 Å². The molecule has 3 rings (SSSR count). The van der Waals surface area contributed by atoms with E-state index >= 15 is 0 Å². The maximum absolute atomic E-state index is 13.4. The second-order valence-electron chi connectivity index (χ2n) is 7.45. The number of aliphatic hydroxyl groups excluding tert-OH is 1. The monoisotopic (exact) mass is 429 g/mol. The molecule has 2 N–H and O–H groups in total. The highest BCUT2D eigenvalue weighted by Crippen LogP contribution is 2.33. The van der Waals surface area contributed by atoms with Gasteiger partial charge >= 0.3 is 0 Å². The van der Waals surface area contributed by atoms with Crippen LogP contribution in [0.4, 0.5) is 0 Å². The van der Waals surface area contributed by atoms with E-state index in [4.69, 9.17) is 4.74 Å². The van der Waals surface area contributed by atoms with Gasteiger partial charge in [0.2, 0.25) is 10.0 Å². The first-order valence-corrected chi connectivity index (χ1v) is 11.3. The van der Waals surface area contributed by atoms with Gasteiger partial charge in [0.25, 0.3) is 0 Å². The zero-order valence-corrected chi connectivity index (χ0v) is 18.2. The number of ether oxygens (including phenoxy) is 1. The lowest BCUT2D eigenvalue weighted by molar-refractivity contribution is 0.103. The van der Waals surface area contributed by atoms with Gasteiger partial charge in [0.1, 0.15) is 16.7 Å². The molecule has 7 nitrogen and oxygen atoms in total. The van der Waals surface area contributed by atoms with E-state index in [0.717, 1.165) is 5.56 Å². The minimum absolute atomic E-state index is 0.0838. The van der Waals surface area contributed by atoms with Gasteiger partial charge in [-0.15, -0.1) is 0 Å². The van der Waals surface area contributed by atoms with Crippen LogP contribution < -0.4 is 10.1 Å². The molecule has 0 amide bonds. The van der Waals surface area contributed by atoms with Gasteiger partial charge in [-0.05, 0) is 44.3 Å². The van der Waals surface area contributed by atoms with Gasteiger partial charge in [-0.25, -0.2) is 8.42 Å². The first-order valence-electron chi connectivity index (χ1n) is 9.87. The molecule has 30 heavy (non-hydrogen) atoms. The maximum atomic E-state index is 13.4. The van der Waals surface area contributed by atoms with Crippen molar-refractivity contribution in [1.82, 2.24) is 14.6 Å². The molecule has 0 saturated carbocycles. The Balaban J connectivity index is 2.07. The number of sulfonamides is 1. The zero-order chi connectivity index (χ0) is 21.7. The molecule has 0 fully saturated rings. The van der Waals surface area contributed by atoms with Crippen molar-refractivity contribution in [3.8, 4) is 17.6 Å². The lowest BCUT2D eigenvalue weighted by Crippen LogP contribution is -2.49. The average molecular weight is 430 g/mol. The molecule has 8 heteroatoms. The van der Waals surface area contributed by atoms with Crippen LogP contribution in [0.2, 0.25) is 0 Å². The summed E-state index contributed by atoms with van der Waals surface area (Å²) in [6, 6.07) is 7.99. The van der Waals surface area contributed by atoms with Gasteiger partial charge < -0.3 is 15.2 Å². The summed E-state index contributed by atoms with van der Waals surface area (Å²) in [6.07, 6.45) is 3.11. The molecule has 0 unspecified atom stereocenters. The Kier molecular flexibility index (Phi) is 7.10. The van der Waals surface area contributed by atoms with E-state index in [9.17, 15) is 13.5 Å². The minimum Gasteiger partial charge on any atom is -0.487 e. The number of nitrogens with zero attached hydrogens (tertiary/aromatic N) is 2. The fourth-order valence-corrected chi connectivity index (χ4v) is 5.15. The third kappa shape index (κ3) is 4.82. The van der Waals surface area contributed by atoms with Crippen LogP contribution in [0.1, 0.15) is 25.0 Å². The molecular formula is C22H27N3O4S. The Morgan fingerprint density at radius 2 is 2.10 bits per heavy atom. The van der Waals surface area contributed by atoms with Gasteiger partial charge in [-0.2, -0.15) is 4.31 Å². The third-order valence-electron chi connectivity index (χ3n) is 5.09. The molecule has 0 spiro atoms. The quantitative estimate of drug-likeness (QED) is 0.716. The van der Waals surface area contributed by atoms with Crippen LogP contribution in [0.25, 0.3) is 0 Å². The van der Waals surface area contributed by atoms with Crippen LogP contribution in [-0.2, 0) is 10.0 Å². The van der Waals surface area contributed by atoms with E-state index in [0.29, 0.717) is 12.1 Å². The van der Waals surface area contributed by atoms with Crippen molar-refractivity contribution in [3.63, 3.8) is 0 Å². The summed E-state index contributed by atoms with van der Waals surface area (Å²) < 4.78 is 34.2. The Labute approximate surface area is 178 Å². The first-order chi connectivity index (χ1) is 14.4. The van der Waals surface area contributed by atoms with E-state index in [1.807, 2.05) is 20.0 Å². The number of benzene rings is 1. The molecule has 1 aliphatic rings. The first kappa shape index (κ1) is 22.2. The van der Waals surface area contributed by atoms with Gasteiger partial charge in [0, 0.05) is 48.6 Å². The summed E-state index contributed by atoms with van der Waals surface area (Å²) in [5, 5.41) is 12.7. The van der Waals surface area contributed by atoms with Crippen molar-refractivity contribution in [1.29, 1.82) is 0 Å². The molecular weight excluding hydrogens is 402 g/mol. The van der Waals surface area contributed by atoms with Crippen molar-refractivity contribution in [3.05, 3.63) is 53.9 Å². The average Bonchev–Trinajstić information content (AvgIpc) is 2.75. The third-order valence-corrected chi connectivity index (χ3v) is 7.10. The molecule has 1 aromatic carbocycles. The summed E-state index contributed by atoms with van der Waals surface area (Å²) in [7, 11) is -2.01. The number of likely N-dealkylation sites (N-methyl/N-ethyl adjacent to an activating group) is 1. The van der Waals surface area contributed by atoms with Crippen LogP contribution in [-0.4, -0.2) is 61.7 Å². The summed E-state index contributed by atoms with van der Waals surface area (Å²) >= 11 is 0. The van der Waals surface area contributed by atoms with Gasteiger partial charge in [0.05, 0.1) is 6.61 Å². The molecule has 0 saturated heterocycles. The predicted octanol–water partition coefficient (Wildman–Crippen LogP) is 1.47. The SMILES string of the molecule is CNC[C@H]1Oc2cc(C#Cc3cccnc3)ccc2S(=O)(=O)N([C@H](C)CO)C[C@@H]1C. The molecule has 0 aliphatic carbocycles. The van der Waals surface area contributed by atoms with E-state index in [1.54, 1.807) is 37.5 Å². The van der Waals surface area contributed by atoms with Crippen molar-refractivity contribution >= 4 is 10.0 Å². The predicted molar refractivity (Wildman–Crippen MR) is 115 cm³/mol. The Morgan fingerprint density at radius 3 is 2.77 bits per heavy atom. The summed E-state index contributed by atoms with van der Waals surface area (Å²) in [6.45, 7) is 4.22.